The molecule has 0 heterocycles. The van der Waals surface area contributed by atoms with Gasteiger partial charge in [0.05, 0.1) is 0 Å². The summed E-state index contributed by atoms with van der Waals surface area (Å²) in [6.07, 6.45) is 0. The molecule has 1 N–H and O–H groups in total. The van der Waals surface area contributed by atoms with E-state index in [1.165, 1.54) is 0 Å². The van der Waals surface area contributed by atoms with Gasteiger partial charge in [0.25, 0.3) is 5.91 Å². The molecule has 0 saturated heterocycles. The minimum Gasteiger partial charge on any atom is -0.322 e. The molecule has 0 aliphatic carbocycles. The molecule has 2 aromatic rings. The van der Waals surface area contributed by atoms with Gasteiger partial charge in [0.1, 0.15) is 11.6 Å². The van der Waals surface area contributed by atoms with Gasteiger partial charge in [0.15, 0.2) is 0 Å². The Bertz CT molecular complexity index is 601. The molecule has 1 amide bonds. The number of carbonyl (C=O) groups is 1. The van der Waals surface area contributed by atoms with E-state index >= 15 is 0 Å². The van der Waals surface area contributed by atoms with Gasteiger partial charge < -0.3 is 5.32 Å². The van der Waals surface area contributed by atoms with E-state index in [1.807, 2.05) is 12.1 Å². The summed E-state index contributed by atoms with van der Waals surface area (Å²) in [5, 5.41) is 2.61. The van der Waals surface area contributed by atoms with E-state index < -0.39 is 17.5 Å². The van der Waals surface area contributed by atoms with Gasteiger partial charge in [-0.15, -0.1) is 0 Å². The molecule has 20 heavy (non-hydrogen) atoms. The Morgan fingerprint density at radius 2 is 1.55 bits per heavy atom. The SMILES string of the molecule is CC(C)c1ccc(NC(=O)c2cc(F)cc(F)c2)cc1. The van der Waals surface area contributed by atoms with Gasteiger partial charge in [-0.1, -0.05) is 26.0 Å². The number of nitrogens with one attached hydrogen (secondary N) is 1. The smallest absolute Gasteiger partial charge is 0.255 e. The van der Waals surface area contributed by atoms with Crippen LogP contribution in [-0.4, -0.2) is 5.91 Å². The van der Waals surface area contributed by atoms with Crippen LogP contribution in [0.25, 0.3) is 0 Å². The molecule has 0 fully saturated rings. The lowest BCUT2D eigenvalue weighted by Crippen LogP contribution is -2.12. The average molecular weight is 275 g/mol. The molecule has 4 heteroatoms. The van der Waals surface area contributed by atoms with E-state index in [0.717, 1.165) is 23.8 Å². The number of hydrogen-bond donors (Lipinski definition) is 1. The Hall–Kier alpha value is -2.23. The first kappa shape index (κ1) is 14.2. The van der Waals surface area contributed by atoms with E-state index in [-0.39, 0.29) is 5.56 Å². The van der Waals surface area contributed by atoms with E-state index in [2.05, 4.69) is 19.2 Å². The largest absolute Gasteiger partial charge is 0.322 e. The normalized spacial score (nSPS) is 10.7. The highest BCUT2D eigenvalue weighted by molar-refractivity contribution is 6.04. The highest BCUT2D eigenvalue weighted by atomic mass is 19.1. The Balaban J connectivity index is 2.14. The zero-order valence-electron chi connectivity index (χ0n) is 11.3. The first-order valence-electron chi connectivity index (χ1n) is 6.33. The van der Waals surface area contributed by atoms with Crippen molar-refractivity contribution in [3.05, 3.63) is 65.2 Å². The maximum absolute atomic E-state index is 13.0. The molecule has 2 aromatic carbocycles. The van der Waals surface area contributed by atoms with Crippen LogP contribution in [-0.2, 0) is 0 Å². The predicted octanol–water partition coefficient (Wildman–Crippen LogP) is 4.34. The molecule has 104 valence electrons. The third-order valence-electron chi connectivity index (χ3n) is 2.96. The molecule has 0 bridgehead atoms. The second-order valence-electron chi connectivity index (χ2n) is 4.89. The van der Waals surface area contributed by atoms with Crippen LogP contribution in [0.5, 0.6) is 0 Å². The van der Waals surface area contributed by atoms with Gasteiger partial charge in [-0.2, -0.15) is 0 Å². The number of amides is 1. The van der Waals surface area contributed by atoms with Crippen LogP contribution < -0.4 is 5.32 Å². The quantitative estimate of drug-likeness (QED) is 0.887. The second-order valence-corrected chi connectivity index (χ2v) is 4.89. The molecule has 0 atom stereocenters. The van der Waals surface area contributed by atoms with Gasteiger partial charge in [-0.3, -0.25) is 4.79 Å². The monoisotopic (exact) mass is 275 g/mol. The van der Waals surface area contributed by atoms with Crippen LogP contribution in [0.4, 0.5) is 14.5 Å². The van der Waals surface area contributed by atoms with E-state index in [1.54, 1.807) is 12.1 Å². The summed E-state index contributed by atoms with van der Waals surface area (Å²) < 4.78 is 26.1. The predicted molar refractivity (Wildman–Crippen MR) is 74.8 cm³/mol. The zero-order valence-corrected chi connectivity index (χ0v) is 11.3. The molecular formula is C16H15F2NO. The molecule has 0 spiro atoms. The van der Waals surface area contributed by atoms with Gasteiger partial charge >= 0.3 is 0 Å². The maximum atomic E-state index is 13.0. The highest BCUT2D eigenvalue weighted by Gasteiger charge is 2.09. The lowest BCUT2D eigenvalue weighted by atomic mass is 10.0. The minimum absolute atomic E-state index is 0.0459. The fourth-order valence-corrected chi connectivity index (χ4v) is 1.84. The summed E-state index contributed by atoms with van der Waals surface area (Å²) in [4.78, 5) is 11.9. The molecule has 0 unspecified atom stereocenters. The lowest BCUT2D eigenvalue weighted by molar-refractivity contribution is 0.102. The summed E-state index contributed by atoms with van der Waals surface area (Å²) in [5.41, 5.74) is 1.69. The Morgan fingerprint density at radius 3 is 2.05 bits per heavy atom. The van der Waals surface area contributed by atoms with Crippen molar-refractivity contribution in [2.45, 2.75) is 19.8 Å². The van der Waals surface area contributed by atoms with Crippen molar-refractivity contribution in [1.82, 2.24) is 0 Å². The second kappa shape index (κ2) is 5.82. The molecular weight excluding hydrogens is 260 g/mol. The van der Waals surface area contributed by atoms with E-state index in [9.17, 15) is 13.6 Å². The topological polar surface area (TPSA) is 29.1 Å². The Kier molecular flexibility index (Phi) is 4.13. The van der Waals surface area contributed by atoms with Crippen molar-refractivity contribution < 1.29 is 13.6 Å². The molecule has 0 saturated carbocycles. The number of carbonyl (C=O) groups excluding carboxylic acids is 1. The van der Waals surface area contributed by atoms with Crippen molar-refractivity contribution in [2.24, 2.45) is 0 Å². The van der Waals surface area contributed by atoms with Crippen LogP contribution in [0.3, 0.4) is 0 Å². The minimum atomic E-state index is -0.773. The third-order valence-corrected chi connectivity index (χ3v) is 2.96. The molecule has 0 aliphatic heterocycles. The van der Waals surface area contributed by atoms with Gasteiger partial charge in [-0.25, -0.2) is 8.78 Å². The fourth-order valence-electron chi connectivity index (χ4n) is 1.84. The van der Waals surface area contributed by atoms with Crippen molar-refractivity contribution in [3.63, 3.8) is 0 Å². The highest BCUT2D eigenvalue weighted by Crippen LogP contribution is 2.18. The van der Waals surface area contributed by atoms with Crippen molar-refractivity contribution in [2.75, 3.05) is 5.32 Å². The number of hydrogen-bond acceptors (Lipinski definition) is 1. The number of anilines is 1. The Morgan fingerprint density at radius 1 is 1.00 bits per heavy atom. The number of benzene rings is 2. The molecule has 0 radical (unpaired) electrons. The van der Waals surface area contributed by atoms with E-state index in [4.69, 9.17) is 0 Å². The fraction of sp³-hybridized carbons (Fsp3) is 0.188. The van der Waals surface area contributed by atoms with Crippen LogP contribution in [0.15, 0.2) is 42.5 Å². The lowest BCUT2D eigenvalue weighted by Gasteiger charge is -2.08. The van der Waals surface area contributed by atoms with Crippen LogP contribution >= 0.6 is 0 Å². The first-order chi connectivity index (χ1) is 9.45. The third kappa shape index (κ3) is 3.41. The molecule has 0 aromatic heterocycles. The summed E-state index contributed by atoms with van der Waals surface area (Å²) >= 11 is 0. The first-order valence-corrected chi connectivity index (χ1v) is 6.33. The van der Waals surface area contributed by atoms with E-state index in [0.29, 0.717) is 11.6 Å². The van der Waals surface area contributed by atoms with Crippen LogP contribution in [0.2, 0.25) is 0 Å². The van der Waals surface area contributed by atoms with Crippen molar-refractivity contribution in [3.8, 4) is 0 Å². The summed E-state index contributed by atoms with van der Waals surface area (Å²) in [5.74, 6) is -1.69. The van der Waals surface area contributed by atoms with Crippen LogP contribution in [0.1, 0.15) is 35.7 Å². The summed E-state index contributed by atoms with van der Waals surface area (Å²) in [7, 11) is 0. The van der Waals surface area contributed by atoms with Gasteiger partial charge in [-0.05, 0) is 35.7 Å². The Labute approximate surface area is 116 Å². The number of halogens is 2. The van der Waals surface area contributed by atoms with Gasteiger partial charge in [0, 0.05) is 17.3 Å². The standard InChI is InChI=1S/C16H15F2NO/c1-10(2)11-3-5-15(6-4-11)19-16(20)12-7-13(17)9-14(18)8-12/h3-10H,1-2H3,(H,19,20). The number of rotatable bonds is 3. The summed E-state index contributed by atoms with van der Waals surface area (Å²) in [6.45, 7) is 4.15. The van der Waals surface area contributed by atoms with Crippen molar-refractivity contribution in [1.29, 1.82) is 0 Å². The molecule has 0 aliphatic rings. The molecule has 2 rings (SSSR count). The molecule has 2 nitrogen and oxygen atoms in total. The van der Waals surface area contributed by atoms with Gasteiger partial charge in [0.2, 0.25) is 0 Å². The average Bonchev–Trinajstić information content (AvgIpc) is 2.38. The van der Waals surface area contributed by atoms with Crippen LogP contribution in [0, 0.1) is 11.6 Å². The van der Waals surface area contributed by atoms with Crippen molar-refractivity contribution >= 4 is 11.6 Å². The summed E-state index contributed by atoms with van der Waals surface area (Å²) in [6, 6.07) is 10.1. The zero-order chi connectivity index (χ0) is 14.7. The maximum Gasteiger partial charge on any atom is 0.255 e.